The average Bonchev–Trinajstić information content (AvgIpc) is 2.61. The van der Waals surface area contributed by atoms with Crippen LogP contribution in [0.3, 0.4) is 0 Å². The van der Waals surface area contributed by atoms with Gasteiger partial charge in [0, 0.05) is 6.04 Å². The number of carbonyl (C=O) groups is 1. The van der Waals surface area contributed by atoms with Crippen LogP contribution in [0, 0.1) is 0 Å². The van der Waals surface area contributed by atoms with E-state index >= 15 is 0 Å². The Morgan fingerprint density at radius 3 is 2.00 bits per heavy atom. The van der Waals surface area contributed by atoms with Crippen molar-refractivity contribution >= 4 is 6.09 Å². The van der Waals surface area contributed by atoms with Gasteiger partial charge < -0.3 is 20.9 Å². The molecule has 0 fully saturated rings. The van der Waals surface area contributed by atoms with E-state index in [-0.39, 0.29) is 6.04 Å². The maximum absolute atomic E-state index is 12.3. The van der Waals surface area contributed by atoms with Crippen molar-refractivity contribution in [3.63, 3.8) is 0 Å². The van der Waals surface area contributed by atoms with Crippen molar-refractivity contribution in [3.05, 3.63) is 71.8 Å². The first-order chi connectivity index (χ1) is 13.2. The molecule has 28 heavy (non-hydrogen) atoms. The molecule has 0 spiro atoms. The van der Waals surface area contributed by atoms with Crippen LogP contribution in [0.2, 0.25) is 0 Å². The Labute approximate surface area is 167 Å². The van der Waals surface area contributed by atoms with Gasteiger partial charge in [-0.15, -0.1) is 0 Å². The molecule has 5 heteroatoms. The molecule has 0 heterocycles. The van der Waals surface area contributed by atoms with E-state index in [1.165, 1.54) is 0 Å². The van der Waals surface area contributed by atoms with Gasteiger partial charge in [-0.25, -0.2) is 4.79 Å². The van der Waals surface area contributed by atoms with E-state index < -0.39 is 23.8 Å². The third-order valence-electron chi connectivity index (χ3n) is 4.35. The molecule has 152 valence electrons. The molecule has 4 N–H and O–H groups in total. The molecule has 0 aromatic heterocycles. The number of benzene rings is 2. The molecule has 0 bridgehead atoms. The summed E-state index contributed by atoms with van der Waals surface area (Å²) in [5.41, 5.74) is 7.82. The van der Waals surface area contributed by atoms with Crippen LogP contribution in [0.1, 0.15) is 38.3 Å². The number of ether oxygens (including phenoxy) is 1. The van der Waals surface area contributed by atoms with Gasteiger partial charge in [0.05, 0.1) is 12.1 Å². The van der Waals surface area contributed by atoms with Gasteiger partial charge in [-0.2, -0.15) is 0 Å². The fourth-order valence-corrected chi connectivity index (χ4v) is 3.08. The number of hydrogen-bond acceptors (Lipinski definition) is 4. The molecule has 5 nitrogen and oxygen atoms in total. The average molecular weight is 385 g/mol. The summed E-state index contributed by atoms with van der Waals surface area (Å²) in [6.07, 6.45) is 0.222. The molecule has 3 unspecified atom stereocenters. The van der Waals surface area contributed by atoms with Gasteiger partial charge in [-0.05, 0) is 51.2 Å². The van der Waals surface area contributed by atoms with E-state index in [4.69, 9.17) is 10.5 Å². The van der Waals surface area contributed by atoms with Gasteiger partial charge >= 0.3 is 6.09 Å². The molecule has 0 aliphatic rings. The summed E-state index contributed by atoms with van der Waals surface area (Å²) >= 11 is 0. The Hall–Kier alpha value is -2.37. The number of aliphatic hydroxyl groups is 1. The van der Waals surface area contributed by atoms with Crippen molar-refractivity contribution in [2.45, 2.75) is 63.8 Å². The SMILES string of the molecule is CC(C)(C)OC(=O)NC(Cc1ccccc1)C(O)CC(N)Cc1ccccc1. The normalized spacial score (nSPS) is 14.8. The zero-order chi connectivity index (χ0) is 20.6. The molecule has 3 atom stereocenters. The lowest BCUT2D eigenvalue weighted by molar-refractivity contribution is 0.0405. The van der Waals surface area contributed by atoms with Crippen molar-refractivity contribution in [1.82, 2.24) is 5.32 Å². The van der Waals surface area contributed by atoms with Gasteiger partial charge in [-0.1, -0.05) is 60.7 Å². The summed E-state index contributed by atoms with van der Waals surface area (Å²) < 4.78 is 5.36. The summed E-state index contributed by atoms with van der Waals surface area (Å²) in [6, 6.07) is 19.0. The van der Waals surface area contributed by atoms with Crippen LogP contribution in [0.25, 0.3) is 0 Å². The zero-order valence-corrected chi connectivity index (χ0v) is 17.0. The number of hydrogen-bond donors (Lipinski definition) is 3. The molecule has 0 aliphatic carbocycles. The molecular weight excluding hydrogens is 352 g/mol. The van der Waals surface area contributed by atoms with Crippen molar-refractivity contribution in [3.8, 4) is 0 Å². The van der Waals surface area contributed by atoms with Gasteiger partial charge in [0.15, 0.2) is 0 Å². The zero-order valence-electron chi connectivity index (χ0n) is 17.0. The molecule has 1 amide bonds. The Balaban J connectivity index is 2.02. The largest absolute Gasteiger partial charge is 0.444 e. The third-order valence-corrected chi connectivity index (χ3v) is 4.35. The fourth-order valence-electron chi connectivity index (χ4n) is 3.08. The van der Waals surface area contributed by atoms with Crippen molar-refractivity contribution in [2.75, 3.05) is 0 Å². The lowest BCUT2D eigenvalue weighted by Crippen LogP contribution is -2.48. The second-order valence-corrected chi connectivity index (χ2v) is 8.20. The van der Waals surface area contributed by atoms with E-state index in [0.29, 0.717) is 19.3 Å². The van der Waals surface area contributed by atoms with E-state index in [0.717, 1.165) is 11.1 Å². The monoisotopic (exact) mass is 384 g/mol. The highest BCUT2D eigenvalue weighted by Gasteiger charge is 2.26. The van der Waals surface area contributed by atoms with Crippen LogP contribution in [0.5, 0.6) is 0 Å². The second-order valence-electron chi connectivity index (χ2n) is 8.20. The third kappa shape index (κ3) is 8.11. The Morgan fingerprint density at radius 2 is 1.50 bits per heavy atom. The highest BCUT2D eigenvalue weighted by molar-refractivity contribution is 5.68. The van der Waals surface area contributed by atoms with E-state index in [9.17, 15) is 9.90 Å². The predicted octanol–water partition coefficient (Wildman–Crippen LogP) is 3.44. The quantitative estimate of drug-likeness (QED) is 0.651. The lowest BCUT2D eigenvalue weighted by atomic mass is 9.94. The first kappa shape index (κ1) is 21.9. The number of nitrogens with two attached hydrogens (primary N) is 1. The van der Waals surface area contributed by atoms with Crippen molar-refractivity contribution in [1.29, 1.82) is 0 Å². The van der Waals surface area contributed by atoms with Gasteiger partial charge in [-0.3, -0.25) is 0 Å². The molecule has 0 saturated carbocycles. The Bertz CT molecular complexity index is 714. The highest BCUT2D eigenvalue weighted by Crippen LogP contribution is 2.14. The summed E-state index contributed by atoms with van der Waals surface area (Å²) in [4.78, 5) is 12.3. The predicted molar refractivity (Wildman–Crippen MR) is 112 cm³/mol. The van der Waals surface area contributed by atoms with E-state index in [1.54, 1.807) is 0 Å². The molecule has 0 radical (unpaired) electrons. The van der Waals surface area contributed by atoms with E-state index in [2.05, 4.69) is 5.32 Å². The standard InChI is InChI=1S/C23H32N2O3/c1-23(2,3)28-22(27)25-20(15-18-12-8-5-9-13-18)21(26)16-19(24)14-17-10-6-4-7-11-17/h4-13,19-21,26H,14-16,24H2,1-3H3,(H,25,27). The maximum Gasteiger partial charge on any atom is 0.407 e. The highest BCUT2D eigenvalue weighted by atomic mass is 16.6. The van der Waals surface area contributed by atoms with Crippen LogP contribution in [0.4, 0.5) is 4.79 Å². The minimum atomic E-state index is -0.786. The second kappa shape index (κ2) is 10.2. The molecule has 0 aliphatic heterocycles. The summed E-state index contributed by atoms with van der Waals surface area (Å²) in [7, 11) is 0. The number of nitrogens with one attached hydrogen (secondary N) is 1. The molecule has 0 saturated heterocycles. The van der Waals surface area contributed by atoms with E-state index in [1.807, 2.05) is 81.4 Å². The van der Waals surface area contributed by atoms with Crippen molar-refractivity contribution in [2.24, 2.45) is 5.73 Å². The fraction of sp³-hybridized carbons (Fsp3) is 0.435. The number of carbonyl (C=O) groups excluding carboxylic acids is 1. The first-order valence-corrected chi connectivity index (χ1v) is 9.74. The van der Waals surface area contributed by atoms with Crippen LogP contribution in [-0.2, 0) is 17.6 Å². The van der Waals surface area contributed by atoms with Gasteiger partial charge in [0.25, 0.3) is 0 Å². The number of aliphatic hydroxyl groups excluding tert-OH is 1. The maximum atomic E-state index is 12.3. The van der Waals surface area contributed by atoms with Crippen LogP contribution >= 0.6 is 0 Å². The van der Waals surface area contributed by atoms with Crippen LogP contribution < -0.4 is 11.1 Å². The van der Waals surface area contributed by atoms with Crippen molar-refractivity contribution < 1.29 is 14.6 Å². The summed E-state index contributed by atoms with van der Waals surface area (Å²) in [5, 5.41) is 13.6. The van der Waals surface area contributed by atoms with Gasteiger partial charge in [0.2, 0.25) is 0 Å². The smallest absolute Gasteiger partial charge is 0.407 e. The first-order valence-electron chi connectivity index (χ1n) is 9.74. The molecular formula is C23H32N2O3. The number of rotatable bonds is 8. The van der Waals surface area contributed by atoms with Gasteiger partial charge in [0.1, 0.15) is 5.60 Å². The van der Waals surface area contributed by atoms with Crippen LogP contribution in [-0.4, -0.2) is 35.0 Å². The topological polar surface area (TPSA) is 84.6 Å². The molecule has 2 aromatic carbocycles. The summed E-state index contributed by atoms with van der Waals surface area (Å²) in [5.74, 6) is 0. The summed E-state index contributed by atoms with van der Waals surface area (Å²) in [6.45, 7) is 5.43. The minimum Gasteiger partial charge on any atom is -0.444 e. The lowest BCUT2D eigenvalue weighted by Gasteiger charge is -2.28. The molecule has 2 rings (SSSR count). The Morgan fingerprint density at radius 1 is 1.00 bits per heavy atom. The number of alkyl carbamates (subject to hydrolysis) is 1. The Kier molecular flexibility index (Phi) is 8.03. The van der Waals surface area contributed by atoms with Crippen LogP contribution in [0.15, 0.2) is 60.7 Å². The molecule has 2 aromatic rings. The number of amides is 1. The minimum absolute atomic E-state index is 0.212.